The Morgan fingerprint density at radius 3 is 2.19 bits per heavy atom. The summed E-state index contributed by atoms with van der Waals surface area (Å²) < 4.78 is 10.9. The minimum absolute atomic E-state index is 0.304. The van der Waals surface area contributed by atoms with E-state index >= 15 is 0 Å². The average Bonchev–Trinajstić information content (AvgIpc) is 2.94. The third-order valence-electron chi connectivity index (χ3n) is 2.90. The Kier molecular flexibility index (Phi) is 6.45. The van der Waals surface area contributed by atoms with Crippen molar-refractivity contribution >= 4 is 17.8 Å². The first-order valence-corrected chi connectivity index (χ1v) is 6.61. The molecule has 21 heavy (non-hydrogen) atoms. The van der Waals surface area contributed by atoms with Gasteiger partial charge in [0.2, 0.25) is 0 Å². The number of carbonyl (C=O) groups is 3. The molecule has 0 saturated carbocycles. The lowest BCUT2D eigenvalue weighted by atomic mass is 10.3. The fourth-order valence-electron chi connectivity index (χ4n) is 1.85. The van der Waals surface area contributed by atoms with Gasteiger partial charge in [0.1, 0.15) is 18.8 Å². The lowest BCUT2D eigenvalue weighted by Crippen LogP contribution is -2.41. The summed E-state index contributed by atoms with van der Waals surface area (Å²) in [6.07, 6.45) is 2.65. The van der Waals surface area contributed by atoms with Crippen molar-refractivity contribution in [1.29, 1.82) is 0 Å². The Bertz CT molecular complexity index is 491. The number of aromatic nitrogens is 1. The molecule has 1 amide bonds. The van der Waals surface area contributed by atoms with E-state index in [4.69, 9.17) is 0 Å². The van der Waals surface area contributed by atoms with Crippen LogP contribution in [0.25, 0.3) is 0 Å². The molecule has 0 aromatic carbocycles. The van der Waals surface area contributed by atoms with Crippen LogP contribution in [0.5, 0.6) is 0 Å². The van der Waals surface area contributed by atoms with Crippen LogP contribution in [0.15, 0.2) is 18.3 Å². The van der Waals surface area contributed by atoms with Crippen molar-refractivity contribution in [1.82, 2.24) is 9.47 Å². The maximum absolute atomic E-state index is 12.5. The van der Waals surface area contributed by atoms with Gasteiger partial charge < -0.3 is 18.9 Å². The molecule has 0 aliphatic carbocycles. The Morgan fingerprint density at radius 2 is 1.71 bits per heavy atom. The van der Waals surface area contributed by atoms with Gasteiger partial charge in [-0.3, -0.25) is 14.4 Å². The van der Waals surface area contributed by atoms with Gasteiger partial charge in [0, 0.05) is 12.7 Å². The summed E-state index contributed by atoms with van der Waals surface area (Å²) in [6.45, 7) is 2.07. The highest BCUT2D eigenvalue weighted by Crippen LogP contribution is 2.08. The second-order valence-electron chi connectivity index (χ2n) is 4.40. The molecule has 0 N–H and O–H groups in total. The Morgan fingerprint density at radius 1 is 1.14 bits per heavy atom. The van der Waals surface area contributed by atoms with Crippen LogP contribution in [-0.4, -0.2) is 54.6 Å². The molecule has 0 unspecified atom stereocenters. The van der Waals surface area contributed by atoms with Gasteiger partial charge in [-0.05, 0) is 18.6 Å². The maximum Gasteiger partial charge on any atom is 0.325 e. The second-order valence-corrected chi connectivity index (χ2v) is 4.40. The quantitative estimate of drug-likeness (QED) is 0.692. The minimum atomic E-state index is -0.596. The number of hydrogen-bond donors (Lipinski definition) is 0. The summed E-state index contributed by atoms with van der Waals surface area (Å²) in [6, 6.07) is 3.40. The third kappa shape index (κ3) is 4.62. The highest BCUT2D eigenvalue weighted by Gasteiger charge is 2.24. The predicted octanol–water partition coefficient (Wildman–Crippen LogP) is 0.686. The summed E-state index contributed by atoms with van der Waals surface area (Å²) in [7, 11) is 2.45. The van der Waals surface area contributed by atoms with E-state index in [1.54, 1.807) is 22.9 Å². The summed E-state index contributed by atoms with van der Waals surface area (Å²) in [5.41, 5.74) is 0.421. The number of esters is 2. The minimum Gasteiger partial charge on any atom is -0.468 e. The number of carbonyl (C=O) groups excluding carboxylic acids is 3. The van der Waals surface area contributed by atoms with Crippen LogP contribution in [0.1, 0.15) is 23.8 Å². The van der Waals surface area contributed by atoms with Crippen molar-refractivity contribution in [3.05, 3.63) is 24.0 Å². The zero-order valence-corrected chi connectivity index (χ0v) is 12.5. The molecule has 0 aliphatic rings. The van der Waals surface area contributed by atoms with Gasteiger partial charge in [-0.15, -0.1) is 0 Å². The number of rotatable bonds is 7. The number of nitrogens with zero attached hydrogens (tertiary/aromatic N) is 2. The molecule has 0 spiro atoms. The highest BCUT2D eigenvalue weighted by atomic mass is 16.5. The second kappa shape index (κ2) is 8.08. The summed E-state index contributed by atoms with van der Waals surface area (Å²) >= 11 is 0. The van der Waals surface area contributed by atoms with Gasteiger partial charge in [0.15, 0.2) is 0 Å². The topological polar surface area (TPSA) is 77.8 Å². The summed E-state index contributed by atoms with van der Waals surface area (Å²) in [5, 5.41) is 0. The third-order valence-corrected chi connectivity index (χ3v) is 2.90. The van der Waals surface area contributed by atoms with Crippen molar-refractivity contribution in [3.63, 3.8) is 0 Å². The molecule has 7 heteroatoms. The number of amides is 1. The van der Waals surface area contributed by atoms with Crippen molar-refractivity contribution in [2.24, 2.45) is 0 Å². The molecule has 0 fully saturated rings. The molecule has 1 heterocycles. The molecule has 116 valence electrons. The van der Waals surface area contributed by atoms with E-state index < -0.39 is 17.8 Å². The fourth-order valence-corrected chi connectivity index (χ4v) is 1.85. The first-order valence-electron chi connectivity index (χ1n) is 6.61. The van der Waals surface area contributed by atoms with Crippen LogP contribution in [0, 0.1) is 0 Å². The number of aryl methyl sites for hydroxylation is 1. The largest absolute Gasteiger partial charge is 0.468 e. The normalized spacial score (nSPS) is 10.0. The Balaban J connectivity index is 2.94. The van der Waals surface area contributed by atoms with Crippen molar-refractivity contribution in [2.75, 3.05) is 27.3 Å². The van der Waals surface area contributed by atoms with E-state index in [9.17, 15) is 14.4 Å². The molecular formula is C14H20N2O5. The SMILES string of the molecule is CCCn1cccc1C(=O)N(CC(=O)OC)CC(=O)OC. The first kappa shape index (κ1) is 16.7. The molecule has 1 aromatic rings. The van der Waals surface area contributed by atoms with Gasteiger partial charge >= 0.3 is 11.9 Å². The Labute approximate surface area is 123 Å². The van der Waals surface area contributed by atoms with Crippen molar-refractivity contribution < 1.29 is 23.9 Å². The van der Waals surface area contributed by atoms with Crippen LogP contribution in [0.3, 0.4) is 0 Å². The van der Waals surface area contributed by atoms with Crippen LogP contribution in [0.2, 0.25) is 0 Å². The van der Waals surface area contributed by atoms with E-state index in [-0.39, 0.29) is 13.1 Å². The van der Waals surface area contributed by atoms with Crippen molar-refractivity contribution in [3.8, 4) is 0 Å². The molecule has 0 aliphatic heterocycles. The zero-order valence-electron chi connectivity index (χ0n) is 12.5. The molecule has 1 aromatic heterocycles. The van der Waals surface area contributed by atoms with E-state index in [0.717, 1.165) is 11.3 Å². The molecule has 7 nitrogen and oxygen atoms in total. The fraction of sp³-hybridized carbons (Fsp3) is 0.500. The standard InChI is InChI=1S/C14H20N2O5/c1-4-7-15-8-5-6-11(15)14(19)16(9-12(17)20-2)10-13(18)21-3/h5-6,8H,4,7,9-10H2,1-3H3. The maximum atomic E-state index is 12.5. The van der Waals surface area contributed by atoms with Crippen LogP contribution in [-0.2, 0) is 25.6 Å². The van der Waals surface area contributed by atoms with Crippen LogP contribution >= 0.6 is 0 Å². The van der Waals surface area contributed by atoms with Crippen molar-refractivity contribution in [2.45, 2.75) is 19.9 Å². The molecular weight excluding hydrogens is 276 g/mol. The van der Waals surface area contributed by atoms with Gasteiger partial charge in [-0.1, -0.05) is 6.92 Å². The molecule has 0 saturated heterocycles. The monoisotopic (exact) mass is 296 g/mol. The lowest BCUT2D eigenvalue weighted by molar-refractivity contribution is -0.144. The number of ether oxygens (including phenoxy) is 2. The van der Waals surface area contributed by atoms with E-state index in [2.05, 4.69) is 9.47 Å². The van der Waals surface area contributed by atoms with E-state index in [1.165, 1.54) is 14.2 Å². The summed E-state index contributed by atoms with van der Waals surface area (Å²) in [5.74, 6) is -1.61. The van der Waals surface area contributed by atoms with E-state index in [1.807, 2.05) is 6.92 Å². The first-order chi connectivity index (χ1) is 10.0. The highest BCUT2D eigenvalue weighted by molar-refractivity contribution is 5.96. The lowest BCUT2D eigenvalue weighted by Gasteiger charge is -2.21. The predicted molar refractivity (Wildman–Crippen MR) is 74.7 cm³/mol. The molecule has 1 rings (SSSR count). The van der Waals surface area contributed by atoms with Gasteiger partial charge in [-0.2, -0.15) is 0 Å². The average molecular weight is 296 g/mol. The van der Waals surface area contributed by atoms with Gasteiger partial charge in [0.25, 0.3) is 5.91 Å². The number of methoxy groups -OCH3 is 2. The molecule has 0 atom stereocenters. The Hall–Kier alpha value is -2.31. The zero-order chi connectivity index (χ0) is 15.8. The molecule has 0 bridgehead atoms. The van der Waals surface area contributed by atoms with Gasteiger partial charge in [-0.25, -0.2) is 0 Å². The summed E-state index contributed by atoms with van der Waals surface area (Å²) in [4.78, 5) is 36.4. The van der Waals surface area contributed by atoms with Crippen LogP contribution < -0.4 is 0 Å². The van der Waals surface area contributed by atoms with Gasteiger partial charge in [0.05, 0.1) is 14.2 Å². The van der Waals surface area contributed by atoms with E-state index in [0.29, 0.717) is 12.2 Å². The molecule has 0 radical (unpaired) electrons. The number of hydrogen-bond acceptors (Lipinski definition) is 5. The smallest absolute Gasteiger partial charge is 0.325 e. The van der Waals surface area contributed by atoms with Crippen LogP contribution in [0.4, 0.5) is 0 Å².